The Morgan fingerprint density at radius 2 is 1.91 bits per heavy atom. The van der Waals surface area contributed by atoms with Gasteiger partial charge >= 0.3 is 0 Å². The third kappa shape index (κ3) is 5.14. The quantitative estimate of drug-likeness (QED) is 0.746. The summed E-state index contributed by atoms with van der Waals surface area (Å²) in [5, 5.41) is 2.89. The van der Waals surface area contributed by atoms with Gasteiger partial charge in [-0.05, 0) is 53.0 Å². The van der Waals surface area contributed by atoms with Crippen LogP contribution in [0.4, 0.5) is 0 Å². The van der Waals surface area contributed by atoms with Crippen LogP contribution < -0.4 is 10.1 Å². The van der Waals surface area contributed by atoms with Gasteiger partial charge < -0.3 is 10.1 Å². The fourth-order valence-electron chi connectivity index (χ4n) is 1.93. The van der Waals surface area contributed by atoms with Crippen LogP contribution in [-0.2, 0) is 11.2 Å². The van der Waals surface area contributed by atoms with Crippen LogP contribution in [-0.4, -0.2) is 18.6 Å². The third-order valence-corrected chi connectivity index (χ3v) is 4.24. The summed E-state index contributed by atoms with van der Waals surface area (Å²) in [6.45, 7) is 2.34. The van der Waals surface area contributed by atoms with Crippen molar-refractivity contribution in [3.63, 3.8) is 0 Å². The van der Waals surface area contributed by atoms with Crippen LogP contribution in [0.5, 0.6) is 5.75 Å². The van der Waals surface area contributed by atoms with Crippen molar-refractivity contribution in [1.29, 1.82) is 0 Å². The second-order valence-corrected chi connectivity index (χ2v) is 6.63. The molecule has 2 rings (SSSR count). The third-order valence-electron chi connectivity index (χ3n) is 3.12. The molecule has 0 aliphatic rings. The van der Waals surface area contributed by atoms with Crippen molar-refractivity contribution >= 4 is 37.8 Å². The number of nitrogens with one attached hydrogen (secondary N) is 1. The van der Waals surface area contributed by atoms with Crippen LogP contribution in [0.3, 0.4) is 0 Å². The standard InChI is InChI=1S/C17H17Br2NO2/c1-12(22-16-8-7-14(18)11-15(16)19)17(21)20-10-9-13-5-3-2-4-6-13/h2-8,11-12H,9-10H2,1H3,(H,20,21). The minimum Gasteiger partial charge on any atom is -0.480 e. The molecule has 0 heterocycles. The predicted octanol–water partition coefficient (Wildman–Crippen LogP) is 4.34. The van der Waals surface area contributed by atoms with Gasteiger partial charge in [0.25, 0.3) is 5.91 Å². The molecule has 22 heavy (non-hydrogen) atoms. The van der Waals surface area contributed by atoms with Gasteiger partial charge in [0.2, 0.25) is 0 Å². The molecule has 0 spiro atoms. The highest BCUT2D eigenvalue weighted by molar-refractivity contribution is 9.11. The highest BCUT2D eigenvalue weighted by Crippen LogP contribution is 2.28. The van der Waals surface area contributed by atoms with Gasteiger partial charge in [-0.25, -0.2) is 0 Å². The Balaban J connectivity index is 1.82. The van der Waals surface area contributed by atoms with E-state index in [1.54, 1.807) is 6.92 Å². The topological polar surface area (TPSA) is 38.3 Å². The summed E-state index contributed by atoms with van der Waals surface area (Å²) in [5.74, 6) is 0.527. The molecule has 3 nitrogen and oxygen atoms in total. The van der Waals surface area contributed by atoms with E-state index >= 15 is 0 Å². The number of carbonyl (C=O) groups is 1. The molecule has 2 aromatic carbocycles. The number of rotatable bonds is 6. The van der Waals surface area contributed by atoms with E-state index in [0.29, 0.717) is 12.3 Å². The summed E-state index contributed by atoms with van der Waals surface area (Å²) in [7, 11) is 0. The maximum absolute atomic E-state index is 12.1. The molecule has 0 saturated carbocycles. The average Bonchev–Trinajstić information content (AvgIpc) is 2.51. The minimum absolute atomic E-state index is 0.120. The Bertz CT molecular complexity index is 632. The Kier molecular flexibility index (Phi) is 6.46. The van der Waals surface area contributed by atoms with Gasteiger partial charge in [-0.15, -0.1) is 0 Å². The monoisotopic (exact) mass is 425 g/mol. The number of hydrogen-bond donors (Lipinski definition) is 1. The zero-order chi connectivity index (χ0) is 15.9. The largest absolute Gasteiger partial charge is 0.480 e. The van der Waals surface area contributed by atoms with Crippen molar-refractivity contribution in [3.8, 4) is 5.75 Å². The van der Waals surface area contributed by atoms with Crippen LogP contribution in [0.25, 0.3) is 0 Å². The fraction of sp³-hybridized carbons (Fsp3) is 0.235. The molecule has 1 atom stereocenters. The van der Waals surface area contributed by atoms with Crippen LogP contribution in [0, 0.1) is 0 Å². The molecule has 0 aliphatic heterocycles. The number of halogens is 2. The molecule has 1 N–H and O–H groups in total. The van der Waals surface area contributed by atoms with Gasteiger partial charge in [0, 0.05) is 11.0 Å². The first-order valence-corrected chi connectivity index (χ1v) is 8.58. The Labute approximate surface area is 147 Å². The number of benzene rings is 2. The van der Waals surface area contributed by atoms with E-state index in [1.807, 2.05) is 48.5 Å². The molecule has 0 aliphatic carbocycles. The molecule has 1 unspecified atom stereocenters. The lowest BCUT2D eigenvalue weighted by atomic mass is 10.1. The highest BCUT2D eigenvalue weighted by atomic mass is 79.9. The van der Waals surface area contributed by atoms with Gasteiger partial charge in [0.1, 0.15) is 5.75 Å². The number of hydrogen-bond acceptors (Lipinski definition) is 2. The second kappa shape index (κ2) is 8.34. The smallest absolute Gasteiger partial charge is 0.260 e. The number of ether oxygens (including phenoxy) is 1. The average molecular weight is 427 g/mol. The normalized spacial score (nSPS) is 11.8. The van der Waals surface area contributed by atoms with E-state index in [-0.39, 0.29) is 5.91 Å². The maximum Gasteiger partial charge on any atom is 0.260 e. The van der Waals surface area contributed by atoms with E-state index in [2.05, 4.69) is 37.2 Å². The van der Waals surface area contributed by atoms with Crippen molar-refractivity contribution in [1.82, 2.24) is 5.32 Å². The van der Waals surface area contributed by atoms with E-state index < -0.39 is 6.10 Å². The van der Waals surface area contributed by atoms with E-state index in [9.17, 15) is 4.79 Å². The molecule has 5 heteroatoms. The zero-order valence-electron chi connectivity index (χ0n) is 12.2. The second-order valence-electron chi connectivity index (χ2n) is 4.86. The van der Waals surface area contributed by atoms with Crippen molar-refractivity contribution < 1.29 is 9.53 Å². The maximum atomic E-state index is 12.1. The van der Waals surface area contributed by atoms with E-state index in [0.717, 1.165) is 15.4 Å². The molecule has 116 valence electrons. The SMILES string of the molecule is CC(Oc1ccc(Br)cc1Br)C(=O)NCCc1ccccc1. The lowest BCUT2D eigenvalue weighted by molar-refractivity contribution is -0.127. The molecule has 1 amide bonds. The molecular formula is C17H17Br2NO2. The number of carbonyl (C=O) groups excluding carboxylic acids is 1. The molecule has 0 radical (unpaired) electrons. The Morgan fingerprint density at radius 1 is 1.18 bits per heavy atom. The first-order valence-electron chi connectivity index (χ1n) is 6.99. The summed E-state index contributed by atoms with van der Waals surface area (Å²) < 4.78 is 7.45. The fourth-order valence-corrected chi connectivity index (χ4v) is 3.07. The molecule has 2 aromatic rings. The molecule has 0 fully saturated rings. The first-order chi connectivity index (χ1) is 10.6. The summed E-state index contributed by atoms with van der Waals surface area (Å²) in [4.78, 5) is 12.1. The lowest BCUT2D eigenvalue weighted by Gasteiger charge is -2.16. The Morgan fingerprint density at radius 3 is 2.59 bits per heavy atom. The van der Waals surface area contributed by atoms with Gasteiger partial charge in [0.05, 0.1) is 4.47 Å². The van der Waals surface area contributed by atoms with E-state index in [4.69, 9.17) is 4.74 Å². The van der Waals surface area contributed by atoms with Crippen LogP contribution >= 0.6 is 31.9 Å². The molecule has 0 aromatic heterocycles. The number of amides is 1. The zero-order valence-corrected chi connectivity index (χ0v) is 15.4. The minimum atomic E-state index is -0.548. The summed E-state index contributed by atoms with van der Waals surface area (Å²) in [6.07, 6.45) is 0.259. The highest BCUT2D eigenvalue weighted by Gasteiger charge is 2.15. The van der Waals surface area contributed by atoms with Crippen LogP contribution in [0.15, 0.2) is 57.5 Å². The Hall–Kier alpha value is -1.33. The first kappa shape index (κ1) is 17.0. The van der Waals surface area contributed by atoms with Crippen LogP contribution in [0.1, 0.15) is 12.5 Å². The van der Waals surface area contributed by atoms with Crippen molar-refractivity contribution in [2.24, 2.45) is 0 Å². The van der Waals surface area contributed by atoms with E-state index in [1.165, 1.54) is 5.56 Å². The van der Waals surface area contributed by atoms with Gasteiger partial charge in [-0.1, -0.05) is 46.3 Å². The van der Waals surface area contributed by atoms with Gasteiger partial charge in [0.15, 0.2) is 6.10 Å². The van der Waals surface area contributed by atoms with Crippen LogP contribution in [0.2, 0.25) is 0 Å². The van der Waals surface area contributed by atoms with Gasteiger partial charge in [-0.3, -0.25) is 4.79 Å². The molecule has 0 saturated heterocycles. The molecule has 0 bridgehead atoms. The summed E-state index contributed by atoms with van der Waals surface area (Å²) in [5.41, 5.74) is 1.20. The summed E-state index contributed by atoms with van der Waals surface area (Å²) in [6, 6.07) is 15.6. The van der Waals surface area contributed by atoms with Crippen molar-refractivity contribution in [2.75, 3.05) is 6.54 Å². The van der Waals surface area contributed by atoms with Gasteiger partial charge in [-0.2, -0.15) is 0 Å². The van der Waals surface area contributed by atoms with Crippen molar-refractivity contribution in [3.05, 3.63) is 63.0 Å². The predicted molar refractivity (Wildman–Crippen MR) is 95.1 cm³/mol. The summed E-state index contributed by atoms with van der Waals surface area (Å²) >= 11 is 6.80. The molecular weight excluding hydrogens is 410 g/mol. The lowest BCUT2D eigenvalue weighted by Crippen LogP contribution is -2.37. The van der Waals surface area contributed by atoms with Crippen molar-refractivity contribution in [2.45, 2.75) is 19.4 Å².